The summed E-state index contributed by atoms with van der Waals surface area (Å²) in [4.78, 5) is 12.3. The third kappa shape index (κ3) is 2.28. The molecule has 1 aromatic heterocycles. The van der Waals surface area contributed by atoms with Crippen LogP contribution in [0.1, 0.15) is 26.0 Å². The second-order valence-corrected chi connectivity index (χ2v) is 4.42. The summed E-state index contributed by atoms with van der Waals surface area (Å²) in [6.45, 7) is 4.64. The van der Waals surface area contributed by atoms with Crippen molar-refractivity contribution in [2.24, 2.45) is 0 Å². The normalized spacial score (nSPS) is 10.9. The number of nitrogens with two attached hydrogens (primary N) is 1. The van der Waals surface area contributed by atoms with E-state index in [2.05, 4.69) is 0 Å². The van der Waals surface area contributed by atoms with E-state index in [0.29, 0.717) is 12.2 Å². The largest absolute Gasteiger partial charge is 0.393 e. The summed E-state index contributed by atoms with van der Waals surface area (Å²) in [5.74, 6) is -0.326. The lowest BCUT2D eigenvalue weighted by atomic mass is 10.2. The molecule has 0 unspecified atom stereocenters. The van der Waals surface area contributed by atoms with Crippen LogP contribution in [0.5, 0.6) is 0 Å². The van der Waals surface area contributed by atoms with Crippen LogP contribution in [-0.2, 0) is 13.0 Å². The van der Waals surface area contributed by atoms with Gasteiger partial charge in [0.1, 0.15) is 11.5 Å². The summed E-state index contributed by atoms with van der Waals surface area (Å²) in [7, 11) is 0. The van der Waals surface area contributed by atoms with Crippen LogP contribution in [-0.4, -0.2) is 9.36 Å². The number of aromatic nitrogens is 2. The van der Waals surface area contributed by atoms with Crippen molar-refractivity contribution in [2.45, 2.75) is 33.2 Å². The standard InChI is InChI=1S/C14H18FN3O/c1-3-5-12-13(16)14(19)18(17(12)4-2)11-8-6-10(15)7-9-11/h6-9H,3-5,16H2,1-2H3. The summed E-state index contributed by atoms with van der Waals surface area (Å²) in [5, 5.41) is 0. The number of benzene rings is 1. The number of hydrogen-bond donors (Lipinski definition) is 1. The van der Waals surface area contributed by atoms with Gasteiger partial charge in [-0.15, -0.1) is 0 Å². The van der Waals surface area contributed by atoms with Gasteiger partial charge >= 0.3 is 0 Å². The third-order valence-electron chi connectivity index (χ3n) is 3.14. The number of nitrogen functional groups attached to an aromatic ring is 1. The van der Waals surface area contributed by atoms with E-state index >= 15 is 0 Å². The first kappa shape index (κ1) is 13.4. The maximum atomic E-state index is 13.0. The molecule has 5 heteroatoms. The minimum absolute atomic E-state index is 0.239. The molecule has 4 nitrogen and oxygen atoms in total. The SMILES string of the molecule is CCCc1c(N)c(=O)n(-c2ccc(F)cc2)n1CC. The van der Waals surface area contributed by atoms with E-state index in [1.165, 1.54) is 16.8 Å². The number of halogens is 1. The van der Waals surface area contributed by atoms with Crippen molar-refractivity contribution in [2.75, 3.05) is 5.73 Å². The maximum absolute atomic E-state index is 13.0. The smallest absolute Gasteiger partial charge is 0.294 e. The minimum Gasteiger partial charge on any atom is -0.393 e. The third-order valence-corrected chi connectivity index (χ3v) is 3.14. The molecule has 2 rings (SSSR count). The monoisotopic (exact) mass is 263 g/mol. The van der Waals surface area contributed by atoms with Crippen molar-refractivity contribution in [3.63, 3.8) is 0 Å². The average Bonchev–Trinajstić information content (AvgIpc) is 2.65. The Morgan fingerprint density at radius 2 is 1.84 bits per heavy atom. The number of anilines is 1. The molecule has 0 saturated carbocycles. The van der Waals surface area contributed by atoms with Gasteiger partial charge in [-0.25, -0.2) is 9.07 Å². The van der Waals surface area contributed by atoms with Crippen LogP contribution in [0.4, 0.5) is 10.1 Å². The molecule has 0 saturated heterocycles. The Bertz CT molecular complexity index is 625. The maximum Gasteiger partial charge on any atom is 0.294 e. The molecule has 0 atom stereocenters. The molecule has 2 aromatic rings. The van der Waals surface area contributed by atoms with Crippen LogP contribution in [0.15, 0.2) is 29.1 Å². The molecule has 1 heterocycles. The Morgan fingerprint density at radius 1 is 1.21 bits per heavy atom. The minimum atomic E-state index is -0.326. The van der Waals surface area contributed by atoms with Crippen molar-refractivity contribution < 1.29 is 4.39 Å². The summed E-state index contributed by atoms with van der Waals surface area (Å²) in [6.07, 6.45) is 1.67. The lowest BCUT2D eigenvalue weighted by Crippen LogP contribution is -2.22. The van der Waals surface area contributed by atoms with Gasteiger partial charge in [-0.3, -0.25) is 9.48 Å². The van der Waals surface area contributed by atoms with Gasteiger partial charge in [0.2, 0.25) is 0 Å². The fourth-order valence-electron chi connectivity index (χ4n) is 2.28. The summed E-state index contributed by atoms with van der Waals surface area (Å²) >= 11 is 0. The summed E-state index contributed by atoms with van der Waals surface area (Å²) < 4.78 is 16.3. The molecular formula is C14H18FN3O. The van der Waals surface area contributed by atoms with E-state index < -0.39 is 0 Å². The first-order valence-electron chi connectivity index (χ1n) is 6.46. The van der Waals surface area contributed by atoms with Gasteiger partial charge in [0, 0.05) is 6.54 Å². The van der Waals surface area contributed by atoms with Gasteiger partial charge in [0.15, 0.2) is 0 Å². The van der Waals surface area contributed by atoms with Crippen LogP contribution < -0.4 is 11.3 Å². The van der Waals surface area contributed by atoms with Gasteiger partial charge in [-0.2, -0.15) is 0 Å². The van der Waals surface area contributed by atoms with Crippen molar-refractivity contribution in [3.8, 4) is 5.69 Å². The Kier molecular flexibility index (Phi) is 3.74. The topological polar surface area (TPSA) is 53.0 Å². The molecule has 0 amide bonds. The highest BCUT2D eigenvalue weighted by atomic mass is 19.1. The first-order chi connectivity index (χ1) is 9.10. The Morgan fingerprint density at radius 3 is 2.37 bits per heavy atom. The van der Waals surface area contributed by atoms with Gasteiger partial charge in [-0.1, -0.05) is 13.3 Å². The Hall–Kier alpha value is -2.04. The first-order valence-corrected chi connectivity index (χ1v) is 6.46. The fourth-order valence-corrected chi connectivity index (χ4v) is 2.28. The van der Waals surface area contributed by atoms with Crippen molar-refractivity contribution >= 4 is 5.69 Å². The second-order valence-electron chi connectivity index (χ2n) is 4.42. The Balaban J connectivity index is 2.66. The second kappa shape index (κ2) is 5.30. The highest BCUT2D eigenvalue weighted by Gasteiger charge is 2.17. The van der Waals surface area contributed by atoms with E-state index in [1.54, 1.807) is 12.1 Å². The van der Waals surface area contributed by atoms with Crippen LogP contribution in [0, 0.1) is 5.82 Å². The highest BCUT2D eigenvalue weighted by molar-refractivity contribution is 5.45. The van der Waals surface area contributed by atoms with E-state index in [-0.39, 0.29) is 17.1 Å². The Labute approximate surface area is 111 Å². The lowest BCUT2D eigenvalue weighted by molar-refractivity contribution is 0.544. The number of rotatable bonds is 4. The van der Waals surface area contributed by atoms with E-state index in [9.17, 15) is 9.18 Å². The highest BCUT2D eigenvalue weighted by Crippen LogP contribution is 2.15. The van der Waals surface area contributed by atoms with E-state index in [0.717, 1.165) is 18.5 Å². The van der Waals surface area contributed by atoms with Crippen molar-refractivity contribution in [1.29, 1.82) is 0 Å². The van der Waals surface area contributed by atoms with E-state index in [1.807, 2.05) is 18.5 Å². The zero-order valence-electron chi connectivity index (χ0n) is 11.2. The summed E-state index contributed by atoms with van der Waals surface area (Å²) in [6, 6.07) is 5.84. The molecule has 0 fully saturated rings. The van der Waals surface area contributed by atoms with Crippen LogP contribution in [0.3, 0.4) is 0 Å². The molecule has 2 N–H and O–H groups in total. The number of hydrogen-bond acceptors (Lipinski definition) is 2. The number of nitrogens with zero attached hydrogens (tertiary/aromatic N) is 2. The molecule has 19 heavy (non-hydrogen) atoms. The lowest BCUT2D eigenvalue weighted by Gasteiger charge is -2.12. The quantitative estimate of drug-likeness (QED) is 0.920. The van der Waals surface area contributed by atoms with Crippen LogP contribution >= 0.6 is 0 Å². The van der Waals surface area contributed by atoms with E-state index in [4.69, 9.17) is 5.73 Å². The van der Waals surface area contributed by atoms with Gasteiger partial charge in [0.05, 0.1) is 11.4 Å². The molecule has 0 spiro atoms. The molecule has 0 radical (unpaired) electrons. The van der Waals surface area contributed by atoms with Crippen LogP contribution in [0.2, 0.25) is 0 Å². The van der Waals surface area contributed by atoms with Gasteiger partial charge in [0.25, 0.3) is 5.56 Å². The van der Waals surface area contributed by atoms with Gasteiger partial charge < -0.3 is 5.73 Å². The molecule has 0 bridgehead atoms. The molecule has 0 aliphatic heterocycles. The predicted molar refractivity (Wildman–Crippen MR) is 74.1 cm³/mol. The van der Waals surface area contributed by atoms with Gasteiger partial charge in [-0.05, 0) is 37.6 Å². The van der Waals surface area contributed by atoms with Crippen molar-refractivity contribution in [1.82, 2.24) is 9.36 Å². The molecule has 1 aromatic carbocycles. The fraction of sp³-hybridized carbons (Fsp3) is 0.357. The molecule has 102 valence electrons. The van der Waals surface area contributed by atoms with Crippen molar-refractivity contribution in [3.05, 3.63) is 46.1 Å². The molecule has 0 aliphatic carbocycles. The average molecular weight is 263 g/mol. The zero-order chi connectivity index (χ0) is 14.0. The van der Waals surface area contributed by atoms with Crippen LogP contribution in [0.25, 0.3) is 5.69 Å². The molecule has 0 aliphatic rings. The predicted octanol–water partition coefficient (Wildman–Crippen LogP) is 2.33. The molecular weight excluding hydrogens is 245 g/mol. The summed E-state index contributed by atoms with van der Waals surface area (Å²) in [5.41, 5.74) is 7.42. The zero-order valence-corrected chi connectivity index (χ0v) is 11.2.